The number of nitrogens with zero attached hydrogens (tertiary/aromatic N) is 1. The summed E-state index contributed by atoms with van der Waals surface area (Å²) in [6.45, 7) is 2.15. The molecule has 0 amide bonds. The maximum atomic E-state index is 10.8. The van der Waals surface area contributed by atoms with E-state index < -0.39 is 0 Å². The van der Waals surface area contributed by atoms with Crippen molar-refractivity contribution in [2.45, 2.75) is 19.8 Å². The second kappa shape index (κ2) is 6.62. The van der Waals surface area contributed by atoms with E-state index in [1.807, 2.05) is 0 Å². The summed E-state index contributed by atoms with van der Waals surface area (Å²) in [5.74, 6) is 0.168. The average Bonchev–Trinajstić information content (AvgIpc) is 2.35. The number of aryl methyl sites for hydroxylation is 1. The molecule has 5 nitrogen and oxygen atoms in total. The Morgan fingerprint density at radius 3 is 2.88 bits per heavy atom. The van der Waals surface area contributed by atoms with Gasteiger partial charge in [0.15, 0.2) is 6.29 Å². The number of carbonyl (C=O) groups is 2. The van der Waals surface area contributed by atoms with Crippen molar-refractivity contribution < 1.29 is 19.1 Å². The molecular weight excluding hydrogens is 222 g/mol. The molecule has 17 heavy (non-hydrogen) atoms. The second-order valence-corrected chi connectivity index (χ2v) is 3.48. The van der Waals surface area contributed by atoms with Crippen LogP contribution in [0.1, 0.15) is 29.0 Å². The van der Waals surface area contributed by atoms with E-state index in [2.05, 4.69) is 9.72 Å². The number of aldehydes is 1. The first kappa shape index (κ1) is 13.2. The third-order valence-corrected chi connectivity index (χ3v) is 2.15. The summed E-state index contributed by atoms with van der Waals surface area (Å²) >= 11 is 0. The Hall–Kier alpha value is -1.91. The SMILES string of the molecule is COC(=O)CCCOc1ccc(C)nc1C=O. The maximum absolute atomic E-state index is 10.8. The summed E-state index contributed by atoms with van der Waals surface area (Å²) in [4.78, 5) is 25.6. The molecule has 0 aliphatic rings. The van der Waals surface area contributed by atoms with Crippen molar-refractivity contribution in [3.63, 3.8) is 0 Å². The van der Waals surface area contributed by atoms with Crippen LogP contribution in [0, 0.1) is 6.92 Å². The Labute approximate surface area is 99.8 Å². The van der Waals surface area contributed by atoms with E-state index in [0.29, 0.717) is 31.5 Å². The van der Waals surface area contributed by atoms with Gasteiger partial charge in [0.05, 0.1) is 13.7 Å². The Kier molecular flexibility index (Phi) is 5.13. The molecule has 0 saturated carbocycles. The molecule has 0 atom stereocenters. The molecule has 1 rings (SSSR count). The molecule has 0 saturated heterocycles. The predicted octanol–water partition coefficient (Wildman–Crippen LogP) is 1.53. The molecule has 0 spiro atoms. The lowest BCUT2D eigenvalue weighted by atomic mass is 10.3. The number of methoxy groups -OCH3 is 1. The van der Waals surface area contributed by atoms with Crippen LogP contribution < -0.4 is 4.74 Å². The van der Waals surface area contributed by atoms with Gasteiger partial charge in [-0.15, -0.1) is 0 Å². The number of rotatable bonds is 6. The fraction of sp³-hybridized carbons (Fsp3) is 0.417. The van der Waals surface area contributed by atoms with Crippen molar-refractivity contribution in [3.8, 4) is 5.75 Å². The zero-order valence-electron chi connectivity index (χ0n) is 9.93. The van der Waals surface area contributed by atoms with Gasteiger partial charge in [0, 0.05) is 12.1 Å². The fourth-order valence-electron chi connectivity index (χ4n) is 1.27. The van der Waals surface area contributed by atoms with Crippen molar-refractivity contribution in [1.29, 1.82) is 0 Å². The summed E-state index contributed by atoms with van der Waals surface area (Å²) in [7, 11) is 1.34. The standard InChI is InChI=1S/C12H15NO4/c1-9-5-6-11(10(8-14)13-9)17-7-3-4-12(15)16-2/h5-6,8H,3-4,7H2,1-2H3. The molecule has 0 bridgehead atoms. The first-order chi connectivity index (χ1) is 8.17. The van der Waals surface area contributed by atoms with Crippen molar-refractivity contribution in [1.82, 2.24) is 4.98 Å². The zero-order valence-corrected chi connectivity index (χ0v) is 9.93. The predicted molar refractivity (Wildman–Crippen MR) is 61.1 cm³/mol. The highest BCUT2D eigenvalue weighted by Crippen LogP contribution is 2.15. The van der Waals surface area contributed by atoms with Gasteiger partial charge in [-0.05, 0) is 25.5 Å². The minimum atomic E-state index is -0.272. The summed E-state index contributed by atoms with van der Waals surface area (Å²) in [5, 5.41) is 0. The molecule has 0 fully saturated rings. The lowest BCUT2D eigenvalue weighted by Gasteiger charge is -2.07. The molecule has 0 unspecified atom stereocenters. The second-order valence-electron chi connectivity index (χ2n) is 3.48. The smallest absolute Gasteiger partial charge is 0.305 e. The minimum Gasteiger partial charge on any atom is -0.491 e. The highest BCUT2D eigenvalue weighted by atomic mass is 16.5. The van der Waals surface area contributed by atoms with Gasteiger partial charge in [-0.3, -0.25) is 9.59 Å². The van der Waals surface area contributed by atoms with Crippen LogP contribution in [0.3, 0.4) is 0 Å². The number of ether oxygens (including phenoxy) is 2. The van der Waals surface area contributed by atoms with E-state index in [1.165, 1.54) is 7.11 Å². The number of esters is 1. The first-order valence-corrected chi connectivity index (χ1v) is 5.30. The van der Waals surface area contributed by atoms with Gasteiger partial charge in [-0.2, -0.15) is 0 Å². The highest BCUT2D eigenvalue weighted by Gasteiger charge is 2.05. The fourth-order valence-corrected chi connectivity index (χ4v) is 1.27. The Morgan fingerprint density at radius 2 is 2.24 bits per heavy atom. The molecule has 0 aliphatic carbocycles. The lowest BCUT2D eigenvalue weighted by molar-refractivity contribution is -0.140. The van der Waals surface area contributed by atoms with Crippen LogP contribution in [-0.2, 0) is 9.53 Å². The zero-order chi connectivity index (χ0) is 12.7. The molecule has 1 heterocycles. The van der Waals surface area contributed by atoms with Crippen LogP contribution in [0.5, 0.6) is 5.75 Å². The maximum Gasteiger partial charge on any atom is 0.305 e. The van der Waals surface area contributed by atoms with Crippen molar-refractivity contribution in [3.05, 3.63) is 23.5 Å². The first-order valence-electron chi connectivity index (χ1n) is 5.30. The van der Waals surface area contributed by atoms with E-state index in [1.54, 1.807) is 19.1 Å². The van der Waals surface area contributed by atoms with Crippen LogP contribution in [0.15, 0.2) is 12.1 Å². The van der Waals surface area contributed by atoms with Gasteiger partial charge >= 0.3 is 5.97 Å². The van der Waals surface area contributed by atoms with Gasteiger partial charge in [0.1, 0.15) is 11.4 Å². The molecule has 0 aliphatic heterocycles. The van der Waals surface area contributed by atoms with Crippen molar-refractivity contribution in [2.75, 3.05) is 13.7 Å². The number of pyridine rings is 1. The average molecular weight is 237 g/mol. The number of aromatic nitrogens is 1. The molecule has 1 aromatic rings. The summed E-state index contributed by atoms with van der Waals surface area (Å²) in [6, 6.07) is 3.47. The van der Waals surface area contributed by atoms with Gasteiger partial charge in [0.25, 0.3) is 0 Å². The van der Waals surface area contributed by atoms with Crippen molar-refractivity contribution in [2.24, 2.45) is 0 Å². The summed E-state index contributed by atoms with van der Waals surface area (Å²) in [5.41, 5.74) is 1.04. The van der Waals surface area contributed by atoms with Gasteiger partial charge in [-0.1, -0.05) is 0 Å². The molecule has 92 valence electrons. The van der Waals surface area contributed by atoms with Crippen molar-refractivity contribution >= 4 is 12.3 Å². The van der Waals surface area contributed by atoms with E-state index in [9.17, 15) is 9.59 Å². The number of carbonyl (C=O) groups excluding carboxylic acids is 2. The molecule has 5 heteroatoms. The Balaban J connectivity index is 2.46. The third-order valence-electron chi connectivity index (χ3n) is 2.15. The highest BCUT2D eigenvalue weighted by molar-refractivity contribution is 5.76. The van der Waals surface area contributed by atoms with Crippen LogP contribution >= 0.6 is 0 Å². The van der Waals surface area contributed by atoms with Crippen LogP contribution in [0.25, 0.3) is 0 Å². The normalized spacial score (nSPS) is 9.76. The van der Waals surface area contributed by atoms with Gasteiger partial charge in [-0.25, -0.2) is 4.98 Å². The van der Waals surface area contributed by atoms with E-state index in [4.69, 9.17) is 4.74 Å². The molecule has 0 N–H and O–H groups in total. The van der Waals surface area contributed by atoms with Crippen LogP contribution in [-0.4, -0.2) is 31.0 Å². The minimum absolute atomic E-state index is 0.272. The summed E-state index contributed by atoms with van der Waals surface area (Å²) < 4.78 is 9.88. The lowest BCUT2D eigenvalue weighted by Crippen LogP contribution is -2.06. The van der Waals surface area contributed by atoms with Gasteiger partial charge < -0.3 is 9.47 Å². The number of hydrogen-bond donors (Lipinski definition) is 0. The molecular formula is C12H15NO4. The topological polar surface area (TPSA) is 65.5 Å². The Morgan fingerprint density at radius 1 is 1.47 bits per heavy atom. The molecule has 0 aromatic carbocycles. The quantitative estimate of drug-likeness (QED) is 0.426. The molecule has 0 radical (unpaired) electrons. The number of hydrogen-bond acceptors (Lipinski definition) is 5. The third kappa shape index (κ3) is 4.22. The van der Waals surface area contributed by atoms with Gasteiger partial charge in [0.2, 0.25) is 0 Å². The Bertz CT molecular complexity index is 403. The van der Waals surface area contributed by atoms with E-state index in [0.717, 1.165) is 5.69 Å². The van der Waals surface area contributed by atoms with Crippen LogP contribution in [0.4, 0.5) is 0 Å². The molecule has 1 aromatic heterocycles. The van der Waals surface area contributed by atoms with Crippen LogP contribution in [0.2, 0.25) is 0 Å². The largest absolute Gasteiger partial charge is 0.491 e. The monoisotopic (exact) mass is 237 g/mol. The van der Waals surface area contributed by atoms with E-state index in [-0.39, 0.29) is 11.7 Å². The van der Waals surface area contributed by atoms with E-state index >= 15 is 0 Å². The summed E-state index contributed by atoms with van der Waals surface area (Å²) in [6.07, 6.45) is 1.49.